The minimum atomic E-state index is -3.77. The largest absolute Gasteiger partial charge is 0.444 e. The van der Waals surface area contributed by atoms with E-state index in [0.29, 0.717) is 36.3 Å². The Balaban J connectivity index is 1.83. The molecule has 0 radical (unpaired) electrons. The van der Waals surface area contributed by atoms with Crippen LogP contribution in [0.2, 0.25) is 10.0 Å². The topological polar surface area (TPSA) is 122 Å². The summed E-state index contributed by atoms with van der Waals surface area (Å²) in [5.41, 5.74) is 0.981. The monoisotopic (exact) mass is 647 g/mol. The van der Waals surface area contributed by atoms with Gasteiger partial charge in [0.15, 0.2) is 5.82 Å². The van der Waals surface area contributed by atoms with Crippen LogP contribution in [0, 0.1) is 0 Å². The molecule has 3 amide bonds. The molecule has 1 aromatic heterocycles. The number of para-hydroxylation sites is 1. The van der Waals surface area contributed by atoms with Crippen LogP contribution in [0.3, 0.4) is 0 Å². The molecule has 4 rings (SSSR count). The van der Waals surface area contributed by atoms with Crippen LogP contribution >= 0.6 is 23.2 Å². The zero-order valence-electron chi connectivity index (χ0n) is 24.9. The first-order valence-electron chi connectivity index (χ1n) is 13.8. The number of benzene rings is 2. The summed E-state index contributed by atoms with van der Waals surface area (Å²) in [4.78, 5) is 37.9. The van der Waals surface area contributed by atoms with Gasteiger partial charge in [0.2, 0.25) is 15.0 Å². The molecular formula is C30H35Cl2N5O5S. The van der Waals surface area contributed by atoms with E-state index in [1.165, 1.54) is 16.0 Å². The highest BCUT2D eigenvalue weighted by Gasteiger charge is 2.38. The van der Waals surface area contributed by atoms with E-state index < -0.39 is 38.1 Å². The van der Waals surface area contributed by atoms with E-state index in [1.807, 2.05) is 32.0 Å². The van der Waals surface area contributed by atoms with Crippen LogP contribution in [0.25, 0.3) is 0 Å². The van der Waals surface area contributed by atoms with E-state index in [0.717, 1.165) is 11.8 Å². The van der Waals surface area contributed by atoms with Crippen LogP contribution in [-0.4, -0.2) is 48.9 Å². The van der Waals surface area contributed by atoms with Crippen molar-refractivity contribution in [2.75, 3.05) is 22.6 Å². The smallest absolute Gasteiger partial charge is 0.407 e. The zero-order valence-corrected chi connectivity index (χ0v) is 27.3. The van der Waals surface area contributed by atoms with Crippen molar-refractivity contribution in [3.63, 3.8) is 0 Å². The van der Waals surface area contributed by atoms with Gasteiger partial charge in [-0.15, -0.1) is 0 Å². The Morgan fingerprint density at radius 1 is 1.07 bits per heavy atom. The van der Waals surface area contributed by atoms with Crippen LogP contribution in [0.15, 0.2) is 53.8 Å². The molecule has 0 unspecified atom stereocenters. The van der Waals surface area contributed by atoms with E-state index in [1.54, 1.807) is 45.0 Å². The van der Waals surface area contributed by atoms with Crippen molar-refractivity contribution in [3.05, 3.63) is 69.8 Å². The quantitative estimate of drug-likeness (QED) is 0.260. The molecule has 2 heterocycles. The molecule has 2 aromatic carbocycles. The van der Waals surface area contributed by atoms with Gasteiger partial charge in [0.05, 0.1) is 28.0 Å². The summed E-state index contributed by atoms with van der Waals surface area (Å²) >= 11 is 13.0. The lowest BCUT2D eigenvalue weighted by molar-refractivity contribution is 0.0512. The Kier molecular flexibility index (Phi) is 9.30. The van der Waals surface area contributed by atoms with Gasteiger partial charge in [-0.2, -0.15) is 4.98 Å². The Morgan fingerprint density at radius 2 is 1.70 bits per heavy atom. The molecule has 0 fully saturated rings. The molecule has 1 aliphatic heterocycles. The number of amides is 3. The number of alkyl carbamates (subject to hydrolysis) is 1. The third-order valence-electron chi connectivity index (χ3n) is 7.36. The minimum absolute atomic E-state index is 0.0194. The van der Waals surface area contributed by atoms with Crippen molar-refractivity contribution in [3.8, 4) is 0 Å². The Labute approximate surface area is 262 Å². The molecule has 0 atom stereocenters. The number of rotatable bonds is 8. The molecule has 1 N–H and O–H groups in total. The first-order valence-corrected chi connectivity index (χ1v) is 16.4. The van der Waals surface area contributed by atoms with Crippen LogP contribution in [0.4, 0.5) is 26.8 Å². The molecule has 230 valence electrons. The number of fused-ring (bicyclic) bond motifs is 1. The summed E-state index contributed by atoms with van der Waals surface area (Å²) in [5, 5.41) is 3.05. The highest BCUT2D eigenvalue weighted by molar-refractivity contribution is 7.90. The number of urea groups is 1. The van der Waals surface area contributed by atoms with Crippen molar-refractivity contribution in [1.82, 2.24) is 15.3 Å². The Bertz CT molecular complexity index is 1630. The van der Waals surface area contributed by atoms with Gasteiger partial charge in [-0.1, -0.05) is 55.2 Å². The molecule has 10 nitrogen and oxygen atoms in total. The van der Waals surface area contributed by atoms with Crippen molar-refractivity contribution >= 4 is 62.4 Å². The number of nitrogens with one attached hydrogen (secondary N) is 1. The van der Waals surface area contributed by atoms with Gasteiger partial charge in [0.1, 0.15) is 5.60 Å². The molecule has 0 aliphatic carbocycles. The van der Waals surface area contributed by atoms with Crippen LogP contribution in [-0.2, 0) is 26.5 Å². The van der Waals surface area contributed by atoms with E-state index in [-0.39, 0.29) is 22.4 Å². The van der Waals surface area contributed by atoms with Gasteiger partial charge in [0, 0.05) is 30.0 Å². The van der Waals surface area contributed by atoms with Gasteiger partial charge in [-0.3, -0.25) is 4.90 Å². The van der Waals surface area contributed by atoms with Gasteiger partial charge in [0.25, 0.3) is 0 Å². The maximum atomic E-state index is 14.3. The third kappa shape index (κ3) is 6.89. The van der Waals surface area contributed by atoms with E-state index in [9.17, 15) is 18.0 Å². The SMILES string of the molecule is CCC(CC)(CNC(=O)OC(C)(C)C)c1cccc(N2C(=O)N(c3c(Cl)cccc3Cl)Cc3cnc(S(C)(=O)=O)nc32)c1. The summed E-state index contributed by atoms with van der Waals surface area (Å²) in [7, 11) is -3.77. The second-order valence-corrected chi connectivity index (χ2v) is 14.2. The van der Waals surface area contributed by atoms with E-state index in [4.69, 9.17) is 27.9 Å². The second-order valence-electron chi connectivity index (χ2n) is 11.4. The highest BCUT2D eigenvalue weighted by Crippen LogP contribution is 2.42. The predicted molar refractivity (Wildman–Crippen MR) is 168 cm³/mol. The number of sulfone groups is 1. The average Bonchev–Trinajstić information content (AvgIpc) is 2.92. The van der Waals surface area contributed by atoms with Gasteiger partial charge < -0.3 is 10.1 Å². The molecule has 3 aromatic rings. The van der Waals surface area contributed by atoms with Gasteiger partial charge in [-0.25, -0.2) is 27.9 Å². The summed E-state index contributed by atoms with van der Waals surface area (Å²) < 4.78 is 30.2. The van der Waals surface area contributed by atoms with Crippen molar-refractivity contribution < 1.29 is 22.7 Å². The van der Waals surface area contributed by atoms with Crippen LogP contribution < -0.4 is 15.1 Å². The van der Waals surface area contributed by atoms with E-state index in [2.05, 4.69) is 15.3 Å². The number of hydrogen-bond acceptors (Lipinski definition) is 7. The lowest BCUT2D eigenvalue weighted by Gasteiger charge is -2.38. The van der Waals surface area contributed by atoms with Gasteiger partial charge >= 0.3 is 12.1 Å². The molecule has 13 heteroatoms. The average molecular weight is 649 g/mol. The van der Waals surface area contributed by atoms with Crippen molar-refractivity contribution in [1.29, 1.82) is 0 Å². The standard InChI is InChI=1S/C30H35Cl2N5O5S/c1-7-30(8-2,18-34-27(38)42-29(3,4)5)20-11-9-12-21(15-20)37-25-19(16-33-26(35-25)43(6,40)41)17-36(28(37)39)24-22(31)13-10-14-23(24)32/h9-16H,7-8,17-18H2,1-6H3,(H,34,38). The lowest BCUT2D eigenvalue weighted by atomic mass is 9.75. The molecule has 0 spiro atoms. The highest BCUT2D eigenvalue weighted by atomic mass is 35.5. The fraction of sp³-hybridized carbons (Fsp3) is 0.400. The predicted octanol–water partition coefficient (Wildman–Crippen LogP) is 7.05. The molecule has 0 saturated heterocycles. The second kappa shape index (κ2) is 12.3. The molecule has 1 aliphatic rings. The number of hydrogen-bond donors (Lipinski definition) is 1. The van der Waals surface area contributed by atoms with Gasteiger partial charge in [-0.05, 0) is 63.4 Å². The minimum Gasteiger partial charge on any atom is -0.444 e. The first kappa shape index (κ1) is 32.5. The lowest BCUT2D eigenvalue weighted by Crippen LogP contribution is -2.46. The summed E-state index contributed by atoms with van der Waals surface area (Å²) in [6.07, 6.45) is 3.23. The summed E-state index contributed by atoms with van der Waals surface area (Å²) in [6, 6.07) is 11.8. The number of carbonyl (C=O) groups is 2. The zero-order chi connectivity index (χ0) is 31.7. The van der Waals surface area contributed by atoms with Crippen molar-refractivity contribution in [2.24, 2.45) is 0 Å². The number of ether oxygens (including phenoxy) is 1. The van der Waals surface area contributed by atoms with Crippen molar-refractivity contribution in [2.45, 2.75) is 70.2 Å². The molecule has 0 saturated carbocycles. The molecule has 43 heavy (non-hydrogen) atoms. The fourth-order valence-corrected chi connectivity index (χ4v) is 6.11. The number of halogens is 2. The third-order valence-corrected chi connectivity index (χ3v) is 8.83. The normalized spacial score (nSPS) is 14.0. The molecular weight excluding hydrogens is 613 g/mol. The van der Waals surface area contributed by atoms with Crippen LogP contribution in [0.1, 0.15) is 58.6 Å². The first-order chi connectivity index (χ1) is 20.1. The summed E-state index contributed by atoms with van der Waals surface area (Å²) in [6.45, 7) is 9.77. The number of anilines is 3. The fourth-order valence-electron chi connectivity index (χ4n) is 5.01. The Hall–Kier alpha value is -3.41. The number of carbonyl (C=O) groups excluding carboxylic acids is 2. The number of aromatic nitrogens is 2. The maximum absolute atomic E-state index is 14.3. The van der Waals surface area contributed by atoms with E-state index >= 15 is 0 Å². The Morgan fingerprint density at radius 3 is 2.28 bits per heavy atom. The maximum Gasteiger partial charge on any atom is 0.407 e. The number of nitrogens with zero attached hydrogens (tertiary/aromatic N) is 4. The molecule has 0 bridgehead atoms. The summed E-state index contributed by atoms with van der Waals surface area (Å²) in [5.74, 6) is 0.141. The van der Waals surface area contributed by atoms with Crippen LogP contribution in [0.5, 0.6) is 0 Å².